The molecule has 0 spiro atoms. The van der Waals surface area contributed by atoms with Gasteiger partial charge in [-0.25, -0.2) is 0 Å². The molecular formula is C9H14N2O3. The lowest BCUT2D eigenvalue weighted by atomic mass is 10.1. The molecule has 0 bridgehead atoms. The van der Waals surface area contributed by atoms with Gasteiger partial charge in [0, 0.05) is 19.5 Å². The number of carbonyl (C=O) groups is 1. The minimum absolute atomic E-state index is 0.0360. The number of amides is 1. The minimum atomic E-state index is -0.395. The van der Waals surface area contributed by atoms with Crippen molar-refractivity contribution in [2.75, 3.05) is 26.3 Å². The zero-order valence-electron chi connectivity index (χ0n) is 8.23. The van der Waals surface area contributed by atoms with Crippen LogP contribution in [0.25, 0.3) is 0 Å². The van der Waals surface area contributed by atoms with E-state index in [0.29, 0.717) is 32.7 Å². The van der Waals surface area contributed by atoms with Gasteiger partial charge in [0.15, 0.2) is 0 Å². The van der Waals surface area contributed by atoms with Crippen LogP contribution in [0.4, 0.5) is 0 Å². The normalized spacial score (nSPS) is 27.1. The van der Waals surface area contributed by atoms with Crippen LogP contribution in [-0.4, -0.2) is 48.9 Å². The maximum Gasteiger partial charge on any atom is 0.267 e. The molecule has 2 aliphatic rings. The molecule has 1 unspecified atom stereocenters. The predicted molar refractivity (Wildman–Crippen MR) is 50.0 cm³/mol. The van der Waals surface area contributed by atoms with Gasteiger partial charge < -0.3 is 14.5 Å². The van der Waals surface area contributed by atoms with Gasteiger partial charge in [-0.1, -0.05) is 5.16 Å². The highest BCUT2D eigenvalue weighted by atomic mass is 16.6. The Balaban J connectivity index is 1.88. The Morgan fingerprint density at radius 1 is 1.50 bits per heavy atom. The summed E-state index contributed by atoms with van der Waals surface area (Å²) in [5, 5.41) is 3.77. The van der Waals surface area contributed by atoms with Crippen LogP contribution in [-0.2, 0) is 14.4 Å². The van der Waals surface area contributed by atoms with Crippen LogP contribution in [0.5, 0.6) is 0 Å². The third-order valence-electron chi connectivity index (χ3n) is 2.41. The quantitative estimate of drug-likeness (QED) is 0.596. The van der Waals surface area contributed by atoms with Crippen LogP contribution < -0.4 is 0 Å². The van der Waals surface area contributed by atoms with E-state index in [-0.39, 0.29) is 5.91 Å². The average Bonchev–Trinajstić information content (AvgIpc) is 2.65. The summed E-state index contributed by atoms with van der Waals surface area (Å²) >= 11 is 0. The molecule has 0 radical (unpaired) electrons. The first kappa shape index (κ1) is 9.45. The van der Waals surface area contributed by atoms with Crippen LogP contribution in [0.3, 0.4) is 0 Å². The van der Waals surface area contributed by atoms with Gasteiger partial charge in [0.25, 0.3) is 5.91 Å². The number of ether oxygens (including phenoxy) is 1. The Labute approximate surface area is 82.6 Å². The smallest absolute Gasteiger partial charge is 0.267 e. The molecule has 0 aliphatic carbocycles. The van der Waals surface area contributed by atoms with Crippen molar-refractivity contribution in [2.24, 2.45) is 5.16 Å². The van der Waals surface area contributed by atoms with Crippen LogP contribution in [0.1, 0.15) is 13.3 Å². The lowest BCUT2D eigenvalue weighted by Gasteiger charge is -2.28. The van der Waals surface area contributed by atoms with E-state index in [1.54, 1.807) is 4.90 Å². The van der Waals surface area contributed by atoms with Crippen LogP contribution in [0.2, 0.25) is 0 Å². The molecule has 14 heavy (non-hydrogen) atoms. The fourth-order valence-corrected chi connectivity index (χ4v) is 1.62. The van der Waals surface area contributed by atoms with Gasteiger partial charge in [0.05, 0.1) is 18.9 Å². The van der Waals surface area contributed by atoms with Crippen molar-refractivity contribution in [1.29, 1.82) is 0 Å². The van der Waals surface area contributed by atoms with Crippen molar-refractivity contribution < 1.29 is 14.4 Å². The summed E-state index contributed by atoms with van der Waals surface area (Å²) in [4.78, 5) is 18.6. The highest BCUT2D eigenvalue weighted by molar-refractivity contribution is 5.91. The van der Waals surface area contributed by atoms with Gasteiger partial charge in [-0.05, 0) is 6.92 Å². The molecule has 1 amide bonds. The SMILES string of the molecule is CC1=NOC(C(=O)N2CCOCC2)C1. The molecule has 0 saturated carbocycles. The molecule has 0 N–H and O–H groups in total. The predicted octanol–water partition coefficient (Wildman–Crippen LogP) is 0.01000. The first-order valence-corrected chi connectivity index (χ1v) is 4.83. The van der Waals surface area contributed by atoms with Gasteiger partial charge in [-0.2, -0.15) is 0 Å². The molecule has 2 aliphatic heterocycles. The molecule has 1 atom stereocenters. The largest absolute Gasteiger partial charge is 0.382 e. The molecule has 5 heteroatoms. The number of morpholine rings is 1. The molecule has 0 aromatic heterocycles. The summed E-state index contributed by atoms with van der Waals surface area (Å²) in [5.74, 6) is 0.0360. The first-order chi connectivity index (χ1) is 6.77. The number of oxime groups is 1. The highest BCUT2D eigenvalue weighted by Crippen LogP contribution is 2.13. The highest BCUT2D eigenvalue weighted by Gasteiger charge is 2.30. The summed E-state index contributed by atoms with van der Waals surface area (Å²) in [6.07, 6.45) is 0.226. The molecule has 0 aromatic rings. The zero-order valence-corrected chi connectivity index (χ0v) is 8.23. The molecule has 2 rings (SSSR count). The summed E-state index contributed by atoms with van der Waals surface area (Å²) in [6, 6.07) is 0. The fraction of sp³-hybridized carbons (Fsp3) is 0.778. The Morgan fingerprint density at radius 2 is 2.21 bits per heavy atom. The third kappa shape index (κ3) is 1.87. The van der Waals surface area contributed by atoms with E-state index in [9.17, 15) is 4.79 Å². The number of carbonyl (C=O) groups excluding carboxylic acids is 1. The second-order valence-corrected chi connectivity index (χ2v) is 3.56. The number of hydrogen-bond donors (Lipinski definition) is 0. The van der Waals surface area contributed by atoms with Gasteiger partial charge >= 0.3 is 0 Å². The van der Waals surface area contributed by atoms with E-state index in [4.69, 9.17) is 9.57 Å². The van der Waals surface area contributed by atoms with E-state index in [2.05, 4.69) is 5.16 Å². The maximum atomic E-state index is 11.8. The molecule has 5 nitrogen and oxygen atoms in total. The molecule has 2 heterocycles. The summed E-state index contributed by atoms with van der Waals surface area (Å²) in [7, 11) is 0. The molecule has 78 valence electrons. The lowest BCUT2D eigenvalue weighted by Crippen LogP contribution is -2.45. The number of rotatable bonds is 1. The molecule has 0 aromatic carbocycles. The Kier molecular flexibility index (Phi) is 2.67. The van der Waals surface area contributed by atoms with E-state index in [1.165, 1.54) is 0 Å². The summed E-state index contributed by atoms with van der Waals surface area (Å²) < 4.78 is 5.17. The van der Waals surface area contributed by atoms with Gasteiger partial charge in [-0.3, -0.25) is 4.79 Å². The van der Waals surface area contributed by atoms with E-state index in [1.807, 2.05) is 6.92 Å². The Bertz CT molecular complexity index is 255. The van der Waals surface area contributed by atoms with Crippen LogP contribution >= 0.6 is 0 Å². The van der Waals surface area contributed by atoms with E-state index < -0.39 is 6.10 Å². The molecular weight excluding hydrogens is 184 g/mol. The zero-order chi connectivity index (χ0) is 9.97. The van der Waals surface area contributed by atoms with Crippen LogP contribution in [0.15, 0.2) is 5.16 Å². The average molecular weight is 198 g/mol. The molecule has 1 saturated heterocycles. The monoisotopic (exact) mass is 198 g/mol. The van der Waals surface area contributed by atoms with E-state index >= 15 is 0 Å². The lowest BCUT2D eigenvalue weighted by molar-refractivity contribution is -0.146. The fourth-order valence-electron chi connectivity index (χ4n) is 1.62. The van der Waals surface area contributed by atoms with Crippen molar-refractivity contribution in [1.82, 2.24) is 4.90 Å². The Hall–Kier alpha value is -1.10. The minimum Gasteiger partial charge on any atom is -0.382 e. The third-order valence-corrected chi connectivity index (χ3v) is 2.41. The van der Waals surface area contributed by atoms with E-state index in [0.717, 1.165) is 5.71 Å². The van der Waals surface area contributed by atoms with Crippen molar-refractivity contribution in [2.45, 2.75) is 19.4 Å². The molecule has 1 fully saturated rings. The number of nitrogens with zero attached hydrogens (tertiary/aromatic N) is 2. The summed E-state index contributed by atoms with van der Waals surface area (Å²) in [5.41, 5.74) is 0.886. The Morgan fingerprint density at radius 3 is 2.79 bits per heavy atom. The van der Waals surface area contributed by atoms with Crippen molar-refractivity contribution in [3.8, 4) is 0 Å². The first-order valence-electron chi connectivity index (χ1n) is 4.83. The van der Waals surface area contributed by atoms with Crippen molar-refractivity contribution in [3.63, 3.8) is 0 Å². The van der Waals surface area contributed by atoms with Gasteiger partial charge in [-0.15, -0.1) is 0 Å². The maximum absolute atomic E-state index is 11.8. The summed E-state index contributed by atoms with van der Waals surface area (Å²) in [6.45, 7) is 4.44. The second-order valence-electron chi connectivity index (χ2n) is 3.56. The standard InChI is InChI=1S/C9H14N2O3/c1-7-6-8(14-10-7)9(12)11-2-4-13-5-3-11/h8H,2-6H2,1H3. The number of hydrogen-bond acceptors (Lipinski definition) is 4. The second kappa shape index (κ2) is 3.96. The topological polar surface area (TPSA) is 51.1 Å². The van der Waals surface area contributed by atoms with Crippen molar-refractivity contribution in [3.05, 3.63) is 0 Å². The van der Waals surface area contributed by atoms with Crippen molar-refractivity contribution >= 4 is 11.6 Å². The van der Waals surface area contributed by atoms with Gasteiger partial charge in [0.2, 0.25) is 6.10 Å². The van der Waals surface area contributed by atoms with Gasteiger partial charge in [0.1, 0.15) is 0 Å². The van der Waals surface area contributed by atoms with Crippen LogP contribution in [0, 0.1) is 0 Å².